The minimum absolute atomic E-state index is 0.0742. The van der Waals surface area contributed by atoms with Crippen molar-refractivity contribution in [1.82, 2.24) is 5.32 Å². The summed E-state index contributed by atoms with van der Waals surface area (Å²) in [6.07, 6.45) is 11.9. The molecule has 1 N–H and O–H groups in total. The van der Waals surface area contributed by atoms with E-state index in [4.69, 9.17) is 4.74 Å². The van der Waals surface area contributed by atoms with Crippen molar-refractivity contribution < 1.29 is 45.1 Å². The molecule has 0 bridgehead atoms. The summed E-state index contributed by atoms with van der Waals surface area (Å²) >= 11 is 0. The largest absolute Gasteiger partial charge is 0.464 e. The van der Waals surface area contributed by atoms with E-state index in [1.807, 2.05) is 0 Å². The first-order valence-electron chi connectivity index (χ1n) is 14.5. The summed E-state index contributed by atoms with van der Waals surface area (Å²) in [4.78, 5) is 24.0. The molecule has 0 aromatic carbocycles. The predicted octanol–water partition coefficient (Wildman–Crippen LogP) is 9.15. The molecule has 0 aliphatic rings. The molecule has 11 heteroatoms. The van der Waals surface area contributed by atoms with E-state index in [1.54, 1.807) is 0 Å². The molecule has 0 saturated heterocycles. The van der Waals surface area contributed by atoms with Gasteiger partial charge in [-0.25, -0.2) is 4.79 Å². The molecule has 2 unspecified atom stereocenters. The normalized spacial score (nSPS) is 14.2. The second-order valence-electron chi connectivity index (χ2n) is 10.5. The Labute approximate surface area is 229 Å². The number of ether oxygens (including phenoxy) is 1. The van der Waals surface area contributed by atoms with Gasteiger partial charge in [0, 0.05) is 0 Å². The van der Waals surface area contributed by atoms with Gasteiger partial charge >= 0.3 is 24.0 Å². The summed E-state index contributed by atoms with van der Waals surface area (Å²) in [5.41, 5.74) is 0. The van der Waals surface area contributed by atoms with E-state index in [2.05, 4.69) is 6.92 Å². The standard InChI is InChI=1S/C28H48F7NO3/c1-4-6-7-8-9-10-11-12-13-14-15-16-17-18-19-20-21-39-24(37)23(22(3)5-2)36-25(38)26(29,30)27(31,32)28(33,34)35/h22-23H,4-21H2,1-3H3,(H,36,38). The number of carbonyl (C=O) groups excluding carboxylic acids is 2. The van der Waals surface area contributed by atoms with E-state index < -0.39 is 41.9 Å². The van der Waals surface area contributed by atoms with Crippen molar-refractivity contribution >= 4 is 11.9 Å². The fourth-order valence-electron chi connectivity index (χ4n) is 4.13. The maximum absolute atomic E-state index is 13.7. The van der Waals surface area contributed by atoms with Gasteiger partial charge in [0.1, 0.15) is 6.04 Å². The van der Waals surface area contributed by atoms with E-state index >= 15 is 0 Å². The van der Waals surface area contributed by atoms with E-state index in [9.17, 15) is 40.3 Å². The molecule has 232 valence electrons. The topological polar surface area (TPSA) is 55.4 Å². The number of esters is 1. The third kappa shape index (κ3) is 14.1. The van der Waals surface area contributed by atoms with Gasteiger partial charge in [-0.1, -0.05) is 124 Å². The molecule has 4 nitrogen and oxygen atoms in total. The summed E-state index contributed by atoms with van der Waals surface area (Å²) in [6.45, 7) is 5.04. The third-order valence-corrected chi connectivity index (χ3v) is 7.03. The fraction of sp³-hybridized carbons (Fsp3) is 0.929. The summed E-state index contributed by atoms with van der Waals surface area (Å²) in [7, 11) is 0. The summed E-state index contributed by atoms with van der Waals surface area (Å²) in [6, 6.07) is -1.78. The third-order valence-electron chi connectivity index (χ3n) is 7.03. The number of rotatable bonds is 23. The first-order valence-corrected chi connectivity index (χ1v) is 14.5. The van der Waals surface area contributed by atoms with Crippen molar-refractivity contribution in [3.8, 4) is 0 Å². The van der Waals surface area contributed by atoms with Crippen LogP contribution in [-0.2, 0) is 14.3 Å². The first-order chi connectivity index (χ1) is 18.2. The molecule has 0 aliphatic heterocycles. The molecule has 39 heavy (non-hydrogen) atoms. The summed E-state index contributed by atoms with van der Waals surface area (Å²) < 4.78 is 95.8. The maximum Gasteiger partial charge on any atom is 0.460 e. The van der Waals surface area contributed by atoms with E-state index in [0.717, 1.165) is 25.7 Å². The number of carbonyl (C=O) groups is 2. The van der Waals surface area contributed by atoms with Crippen molar-refractivity contribution in [3.05, 3.63) is 0 Å². The van der Waals surface area contributed by atoms with E-state index in [-0.39, 0.29) is 13.0 Å². The average Bonchev–Trinajstić information content (AvgIpc) is 2.87. The Bertz CT molecular complexity index is 672. The molecule has 0 spiro atoms. The van der Waals surface area contributed by atoms with Gasteiger partial charge in [0.2, 0.25) is 0 Å². The second-order valence-corrected chi connectivity index (χ2v) is 10.5. The van der Waals surface area contributed by atoms with Crippen molar-refractivity contribution in [2.45, 2.75) is 154 Å². The van der Waals surface area contributed by atoms with Crippen LogP contribution in [0.25, 0.3) is 0 Å². The van der Waals surface area contributed by atoms with Gasteiger partial charge in [0.05, 0.1) is 6.61 Å². The van der Waals surface area contributed by atoms with Crippen LogP contribution in [0.5, 0.6) is 0 Å². The monoisotopic (exact) mass is 579 g/mol. The quantitative estimate of drug-likeness (QED) is 0.0746. The second kappa shape index (κ2) is 19.5. The highest BCUT2D eigenvalue weighted by Gasteiger charge is 2.76. The lowest BCUT2D eigenvalue weighted by atomic mass is 9.98. The Hall–Kier alpha value is -1.55. The first kappa shape index (κ1) is 37.5. The molecule has 0 radical (unpaired) electrons. The number of hydrogen-bond acceptors (Lipinski definition) is 3. The molecular weight excluding hydrogens is 531 g/mol. The van der Waals surface area contributed by atoms with Crippen LogP contribution in [0.15, 0.2) is 0 Å². The van der Waals surface area contributed by atoms with Gasteiger partial charge in [-0.2, -0.15) is 30.7 Å². The van der Waals surface area contributed by atoms with Crippen LogP contribution in [-0.4, -0.2) is 42.5 Å². The highest BCUT2D eigenvalue weighted by molar-refractivity contribution is 5.89. The molecule has 0 heterocycles. The molecule has 1 amide bonds. The Morgan fingerprint density at radius 1 is 0.667 bits per heavy atom. The Balaban J connectivity index is 4.19. The van der Waals surface area contributed by atoms with Crippen LogP contribution >= 0.6 is 0 Å². The van der Waals surface area contributed by atoms with Gasteiger partial charge in [0.25, 0.3) is 5.91 Å². The zero-order valence-electron chi connectivity index (χ0n) is 23.8. The Morgan fingerprint density at radius 2 is 1.05 bits per heavy atom. The fourth-order valence-corrected chi connectivity index (χ4v) is 4.13. The van der Waals surface area contributed by atoms with Crippen molar-refractivity contribution in [2.75, 3.05) is 6.61 Å². The molecule has 0 aliphatic carbocycles. The minimum atomic E-state index is -6.65. The number of halogens is 7. The van der Waals surface area contributed by atoms with Gasteiger partial charge in [-0.3, -0.25) is 4.79 Å². The lowest BCUT2D eigenvalue weighted by Gasteiger charge is -2.29. The van der Waals surface area contributed by atoms with Crippen molar-refractivity contribution in [3.63, 3.8) is 0 Å². The van der Waals surface area contributed by atoms with Gasteiger partial charge in [-0.05, 0) is 12.3 Å². The number of unbranched alkanes of at least 4 members (excludes halogenated alkanes) is 15. The molecule has 0 aromatic rings. The number of alkyl halides is 7. The minimum Gasteiger partial charge on any atom is -0.464 e. The van der Waals surface area contributed by atoms with Crippen LogP contribution < -0.4 is 5.32 Å². The van der Waals surface area contributed by atoms with Crippen LogP contribution in [0.1, 0.15) is 130 Å². The predicted molar refractivity (Wildman–Crippen MR) is 138 cm³/mol. The van der Waals surface area contributed by atoms with Crippen molar-refractivity contribution in [1.29, 1.82) is 0 Å². The smallest absolute Gasteiger partial charge is 0.460 e. The Morgan fingerprint density at radius 3 is 1.41 bits per heavy atom. The van der Waals surface area contributed by atoms with E-state index in [0.29, 0.717) is 6.42 Å². The SMILES string of the molecule is CCCCCCCCCCCCCCCCCCOC(=O)C(NC(=O)C(F)(F)C(F)(F)C(F)(F)F)C(C)CC. The summed E-state index contributed by atoms with van der Waals surface area (Å²) in [5, 5.41) is 1.35. The van der Waals surface area contributed by atoms with Gasteiger partial charge in [-0.15, -0.1) is 0 Å². The van der Waals surface area contributed by atoms with Crippen LogP contribution in [0, 0.1) is 5.92 Å². The van der Waals surface area contributed by atoms with Crippen LogP contribution in [0.4, 0.5) is 30.7 Å². The molecule has 0 fully saturated rings. The lowest BCUT2D eigenvalue weighted by Crippen LogP contribution is -2.62. The molecule has 2 atom stereocenters. The average molecular weight is 580 g/mol. The van der Waals surface area contributed by atoms with Gasteiger partial charge in [0.15, 0.2) is 0 Å². The molecule has 0 saturated carbocycles. The Kier molecular flexibility index (Phi) is 18.7. The number of hydrogen-bond donors (Lipinski definition) is 1. The number of amides is 1. The lowest BCUT2D eigenvalue weighted by molar-refractivity contribution is -0.344. The van der Waals surface area contributed by atoms with Crippen LogP contribution in [0.3, 0.4) is 0 Å². The van der Waals surface area contributed by atoms with Crippen LogP contribution in [0.2, 0.25) is 0 Å². The number of nitrogens with one attached hydrogen (secondary N) is 1. The zero-order valence-corrected chi connectivity index (χ0v) is 23.8. The highest BCUT2D eigenvalue weighted by atomic mass is 19.4. The molecule has 0 aromatic heterocycles. The zero-order chi connectivity index (χ0) is 30.0. The highest BCUT2D eigenvalue weighted by Crippen LogP contribution is 2.46. The molecule has 0 rings (SSSR count). The van der Waals surface area contributed by atoms with E-state index in [1.165, 1.54) is 89.8 Å². The maximum atomic E-state index is 13.7. The van der Waals surface area contributed by atoms with Gasteiger partial charge < -0.3 is 10.1 Å². The van der Waals surface area contributed by atoms with Crippen molar-refractivity contribution in [2.24, 2.45) is 5.92 Å². The molecular formula is C28H48F7NO3. The summed E-state index contributed by atoms with van der Waals surface area (Å²) in [5.74, 6) is -17.5.